The molecule has 74 valence electrons. The summed E-state index contributed by atoms with van der Waals surface area (Å²) in [5.74, 6) is 0.393. The van der Waals surface area contributed by atoms with Crippen LogP contribution in [0.3, 0.4) is 0 Å². The minimum Gasteiger partial charge on any atom is -0.299 e. The number of hydrogen-bond acceptors (Lipinski definition) is 2. The zero-order valence-corrected chi connectivity index (χ0v) is 8.98. The Labute approximate surface area is 88.5 Å². The van der Waals surface area contributed by atoms with Crippen LogP contribution in [0.2, 0.25) is 0 Å². The average Bonchev–Trinajstić information content (AvgIpc) is 2.70. The number of thiophene rings is 1. The molecule has 0 atom stereocenters. The third-order valence-corrected chi connectivity index (χ3v) is 3.55. The van der Waals surface area contributed by atoms with Crippen LogP contribution in [0.4, 0.5) is 0 Å². The maximum atomic E-state index is 11.0. The second-order valence-electron chi connectivity index (χ2n) is 3.68. The maximum Gasteiger partial charge on any atom is 0.136 e. The van der Waals surface area contributed by atoms with Crippen molar-refractivity contribution in [3.63, 3.8) is 0 Å². The molecule has 0 amide bonds. The Bertz CT molecular complexity index is 335. The number of ketones is 1. The van der Waals surface area contributed by atoms with Gasteiger partial charge in [-0.05, 0) is 30.7 Å². The topological polar surface area (TPSA) is 17.1 Å². The van der Waals surface area contributed by atoms with Gasteiger partial charge in [0.1, 0.15) is 5.78 Å². The molecule has 1 aliphatic carbocycles. The molecule has 0 saturated carbocycles. The first-order valence-corrected chi connectivity index (χ1v) is 5.94. The second kappa shape index (κ2) is 4.56. The lowest BCUT2D eigenvalue weighted by molar-refractivity contribution is -0.118. The number of aryl methyl sites for hydroxylation is 1. The first-order chi connectivity index (χ1) is 6.84. The molecule has 0 unspecified atom stereocenters. The fourth-order valence-electron chi connectivity index (χ4n) is 1.73. The first kappa shape index (κ1) is 9.66. The van der Waals surface area contributed by atoms with E-state index in [9.17, 15) is 4.79 Å². The van der Waals surface area contributed by atoms with Gasteiger partial charge in [0.2, 0.25) is 0 Å². The van der Waals surface area contributed by atoms with Gasteiger partial charge in [-0.3, -0.25) is 4.79 Å². The van der Waals surface area contributed by atoms with Crippen molar-refractivity contribution in [2.24, 2.45) is 0 Å². The van der Waals surface area contributed by atoms with Crippen LogP contribution in [0, 0.1) is 0 Å². The molecule has 0 aliphatic heterocycles. The highest BCUT2D eigenvalue weighted by atomic mass is 32.1. The molecular weight excluding hydrogens is 192 g/mol. The van der Waals surface area contributed by atoms with E-state index in [2.05, 4.69) is 23.6 Å². The molecule has 1 aromatic rings. The summed E-state index contributed by atoms with van der Waals surface area (Å²) < 4.78 is 0. The zero-order valence-electron chi connectivity index (χ0n) is 8.16. The number of rotatable bonds is 3. The molecule has 0 spiro atoms. The largest absolute Gasteiger partial charge is 0.299 e. The van der Waals surface area contributed by atoms with Gasteiger partial charge in [0.15, 0.2) is 0 Å². The van der Waals surface area contributed by atoms with E-state index in [1.54, 1.807) is 0 Å². The van der Waals surface area contributed by atoms with Gasteiger partial charge in [0, 0.05) is 17.7 Å². The lowest BCUT2D eigenvalue weighted by atomic mass is 9.95. The Balaban J connectivity index is 1.84. The van der Waals surface area contributed by atoms with Crippen LogP contribution < -0.4 is 0 Å². The van der Waals surface area contributed by atoms with Crippen LogP contribution in [0.5, 0.6) is 0 Å². The smallest absolute Gasteiger partial charge is 0.136 e. The molecule has 2 rings (SSSR count). The van der Waals surface area contributed by atoms with Gasteiger partial charge in [0.05, 0.1) is 0 Å². The molecule has 0 aromatic carbocycles. The number of Topliss-reactive ketones (excluding diaryl/α,β-unsaturated/α-hetero) is 1. The Morgan fingerprint density at radius 2 is 2.21 bits per heavy atom. The highest BCUT2D eigenvalue weighted by Crippen LogP contribution is 2.21. The van der Waals surface area contributed by atoms with Crippen LogP contribution in [0.15, 0.2) is 29.2 Å². The first-order valence-electron chi connectivity index (χ1n) is 5.06. The summed E-state index contributed by atoms with van der Waals surface area (Å²) in [6.07, 6.45) is 6.81. The van der Waals surface area contributed by atoms with Crippen molar-refractivity contribution >= 4 is 17.1 Å². The Hall–Kier alpha value is -0.890. The SMILES string of the molecule is O=C1CC=C(CCc2cccs2)CC1. The standard InChI is InChI=1S/C12H14OS/c13-11-6-3-10(4-7-11)5-8-12-2-1-9-14-12/h1-3,9H,4-8H2. The summed E-state index contributed by atoms with van der Waals surface area (Å²) >= 11 is 1.82. The molecule has 1 aromatic heterocycles. The molecule has 0 radical (unpaired) electrons. The highest BCUT2D eigenvalue weighted by molar-refractivity contribution is 7.09. The number of carbonyl (C=O) groups is 1. The van der Waals surface area contributed by atoms with Crippen molar-refractivity contribution in [2.45, 2.75) is 32.1 Å². The average molecular weight is 206 g/mol. The lowest BCUT2D eigenvalue weighted by Crippen LogP contribution is -2.03. The third-order valence-electron chi connectivity index (χ3n) is 2.62. The molecule has 2 heteroatoms. The number of carbonyl (C=O) groups excluding carboxylic acids is 1. The van der Waals surface area contributed by atoms with Crippen LogP contribution in [0.25, 0.3) is 0 Å². The molecule has 0 saturated heterocycles. The summed E-state index contributed by atoms with van der Waals surface area (Å²) in [7, 11) is 0. The van der Waals surface area contributed by atoms with E-state index in [1.807, 2.05) is 11.3 Å². The van der Waals surface area contributed by atoms with E-state index < -0.39 is 0 Å². The lowest BCUT2D eigenvalue weighted by Gasteiger charge is -2.10. The van der Waals surface area contributed by atoms with Crippen LogP contribution in [-0.2, 0) is 11.2 Å². The van der Waals surface area contributed by atoms with Crippen molar-refractivity contribution in [1.29, 1.82) is 0 Å². The van der Waals surface area contributed by atoms with Crippen molar-refractivity contribution in [2.75, 3.05) is 0 Å². The van der Waals surface area contributed by atoms with E-state index in [1.165, 1.54) is 10.5 Å². The number of hydrogen-bond donors (Lipinski definition) is 0. The van der Waals surface area contributed by atoms with E-state index in [4.69, 9.17) is 0 Å². The summed E-state index contributed by atoms with van der Waals surface area (Å²) in [4.78, 5) is 12.4. The Kier molecular flexibility index (Phi) is 3.14. The zero-order chi connectivity index (χ0) is 9.80. The van der Waals surface area contributed by atoms with E-state index in [0.29, 0.717) is 12.2 Å². The monoisotopic (exact) mass is 206 g/mol. The molecule has 14 heavy (non-hydrogen) atoms. The highest BCUT2D eigenvalue weighted by Gasteiger charge is 2.09. The molecule has 0 N–H and O–H groups in total. The minimum atomic E-state index is 0.393. The summed E-state index contributed by atoms with van der Waals surface area (Å²) in [5.41, 5.74) is 1.47. The van der Waals surface area contributed by atoms with E-state index in [0.717, 1.165) is 25.7 Å². The van der Waals surface area contributed by atoms with Gasteiger partial charge in [-0.2, -0.15) is 0 Å². The minimum absolute atomic E-state index is 0.393. The van der Waals surface area contributed by atoms with Crippen LogP contribution in [0.1, 0.15) is 30.6 Å². The molecule has 0 fully saturated rings. The second-order valence-corrected chi connectivity index (χ2v) is 4.72. The predicted molar refractivity (Wildman–Crippen MR) is 59.6 cm³/mol. The normalized spacial score (nSPS) is 16.9. The quantitative estimate of drug-likeness (QED) is 0.693. The molecular formula is C12H14OS. The fourth-order valence-corrected chi connectivity index (χ4v) is 2.44. The van der Waals surface area contributed by atoms with Crippen molar-refractivity contribution in [3.8, 4) is 0 Å². The van der Waals surface area contributed by atoms with Crippen molar-refractivity contribution in [1.82, 2.24) is 0 Å². The predicted octanol–water partition coefficient (Wildman–Crippen LogP) is 3.36. The molecule has 1 nitrogen and oxygen atoms in total. The van der Waals surface area contributed by atoms with Gasteiger partial charge in [-0.25, -0.2) is 0 Å². The molecule has 0 bridgehead atoms. The molecule has 1 aliphatic rings. The number of allylic oxidation sites excluding steroid dienone is 2. The summed E-state index contributed by atoms with van der Waals surface area (Å²) in [5, 5.41) is 2.12. The van der Waals surface area contributed by atoms with Gasteiger partial charge in [0.25, 0.3) is 0 Å². The van der Waals surface area contributed by atoms with Crippen LogP contribution >= 0.6 is 11.3 Å². The molecule has 1 heterocycles. The Morgan fingerprint density at radius 3 is 2.86 bits per heavy atom. The third kappa shape index (κ3) is 2.55. The van der Waals surface area contributed by atoms with Gasteiger partial charge in [-0.15, -0.1) is 11.3 Å². The van der Waals surface area contributed by atoms with Crippen LogP contribution in [-0.4, -0.2) is 5.78 Å². The van der Waals surface area contributed by atoms with Crippen molar-refractivity contribution < 1.29 is 4.79 Å². The van der Waals surface area contributed by atoms with Crippen molar-refractivity contribution in [3.05, 3.63) is 34.0 Å². The van der Waals surface area contributed by atoms with E-state index in [-0.39, 0.29) is 0 Å². The summed E-state index contributed by atoms with van der Waals surface area (Å²) in [6.45, 7) is 0. The maximum absolute atomic E-state index is 11.0. The fraction of sp³-hybridized carbons (Fsp3) is 0.417. The summed E-state index contributed by atoms with van der Waals surface area (Å²) in [6, 6.07) is 4.28. The Morgan fingerprint density at radius 1 is 1.29 bits per heavy atom. The van der Waals surface area contributed by atoms with Gasteiger partial charge in [-0.1, -0.05) is 17.7 Å². The van der Waals surface area contributed by atoms with E-state index >= 15 is 0 Å². The van der Waals surface area contributed by atoms with Gasteiger partial charge < -0.3 is 0 Å². The van der Waals surface area contributed by atoms with Gasteiger partial charge >= 0.3 is 0 Å².